The number of carbonyl (C=O) groups is 1. The molecule has 1 N–H and O–H groups in total. The van der Waals surface area contributed by atoms with Gasteiger partial charge in [0.05, 0.1) is 23.3 Å². The van der Waals surface area contributed by atoms with Gasteiger partial charge in [-0.05, 0) is 56.4 Å². The molecule has 5 nitrogen and oxygen atoms in total. The molecule has 128 valence electrons. The zero-order chi connectivity index (χ0) is 17.4. The first kappa shape index (κ1) is 15.8. The van der Waals surface area contributed by atoms with E-state index >= 15 is 0 Å². The largest absolute Gasteiger partial charge is 0.346 e. The van der Waals surface area contributed by atoms with E-state index in [0.29, 0.717) is 6.54 Å². The van der Waals surface area contributed by atoms with Crippen LogP contribution in [0.2, 0.25) is 0 Å². The number of aromatic nitrogens is 3. The quantitative estimate of drug-likeness (QED) is 0.801. The summed E-state index contributed by atoms with van der Waals surface area (Å²) < 4.78 is 1.78. The second-order valence-electron chi connectivity index (χ2n) is 6.77. The third-order valence-electron chi connectivity index (χ3n) is 5.00. The third kappa shape index (κ3) is 2.90. The van der Waals surface area contributed by atoms with Crippen LogP contribution in [-0.2, 0) is 26.4 Å². The maximum absolute atomic E-state index is 13.1. The number of aryl methyl sites for hydroxylation is 3. The van der Waals surface area contributed by atoms with Crippen molar-refractivity contribution >= 4 is 16.8 Å². The number of nitrogens with one attached hydrogen (secondary N) is 1. The molecule has 0 unspecified atom stereocenters. The second kappa shape index (κ2) is 6.31. The number of benzene rings is 1. The van der Waals surface area contributed by atoms with Crippen LogP contribution in [0.25, 0.3) is 10.9 Å². The average molecular weight is 334 g/mol. The molecule has 0 saturated heterocycles. The molecule has 0 bridgehead atoms. The molecule has 3 aromatic rings. The molecule has 0 fully saturated rings. The summed E-state index contributed by atoms with van der Waals surface area (Å²) in [5.41, 5.74) is 6.07. The Bertz CT molecular complexity index is 958. The highest BCUT2D eigenvalue weighted by Gasteiger charge is 2.22. The first-order valence-electron chi connectivity index (χ1n) is 8.80. The Morgan fingerprint density at radius 2 is 2.08 bits per heavy atom. The normalized spacial score (nSPS) is 13.7. The highest BCUT2D eigenvalue weighted by atomic mass is 16.1. The number of rotatable bonds is 3. The number of pyridine rings is 1. The maximum atomic E-state index is 13.1. The lowest BCUT2D eigenvalue weighted by atomic mass is 9.89. The van der Waals surface area contributed by atoms with Crippen molar-refractivity contribution in [2.75, 3.05) is 0 Å². The van der Waals surface area contributed by atoms with Crippen molar-refractivity contribution in [1.82, 2.24) is 20.1 Å². The van der Waals surface area contributed by atoms with E-state index in [1.807, 2.05) is 19.2 Å². The predicted molar refractivity (Wildman–Crippen MR) is 97.5 cm³/mol. The molecule has 0 aliphatic heterocycles. The van der Waals surface area contributed by atoms with Crippen LogP contribution in [0.15, 0.2) is 30.5 Å². The van der Waals surface area contributed by atoms with E-state index in [-0.39, 0.29) is 5.91 Å². The van der Waals surface area contributed by atoms with Gasteiger partial charge in [-0.1, -0.05) is 11.6 Å². The molecule has 25 heavy (non-hydrogen) atoms. The zero-order valence-electron chi connectivity index (χ0n) is 14.7. The highest BCUT2D eigenvalue weighted by molar-refractivity contribution is 6.07. The molecule has 0 spiro atoms. The van der Waals surface area contributed by atoms with Gasteiger partial charge in [0.1, 0.15) is 0 Å². The number of fused-ring (bicyclic) bond motifs is 2. The zero-order valence-corrected chi connectivity index (χ0v) is 14.7. The topological polar surface area (TPSA) is 59.8 Å². The van der Waals surface area contributed by atoms with Gasteiger partial charge in [0.15, 0.2) is 0 Å². The van der Waals surface area contributed by atoms with Gasteiger partial charge >= 0.3 is 0 Å². The number of amides is 1. The monoisotopic (exact) mass is 334 g/mol. The van der Waals surface area contributed by atoms with E-state index in [9.17, 15) is 4.79 Å². The lowest BCUT2D eigenvalue weighted by Crippen LogP contribution is -2.27. The molecule has 0 atom stereocenters. The molecular formula is C20H22N4O. The Morgan fingerprint density at radius 3 is 2.88 bits per heavy atom. The fourth-order valence-corrected chi connectivity index (χ4v) is 3.63. The fraction of sp³-hybridized carbons (Fsp3) is 0.350. The van der Waals surface area contributed by atoms with Crippen LogP contribution in [0.5, 0.6) is 0 Å². The third-order valence-corrected chi connectivity index (χ3v) is 5.00. The van der Waals surface area contributed by atoms with Gasteiger partial charge in [0.2, 0.25) is 0 Å². The molecule has 2 aromatic heterocycles. The molecular weight excluding hydrogens is 312 g/mol. The van der Waals surface area contributed by atoms with E-state index in [1.165, 1.54) is 0 Å². The van der Waals surface area contributed by atoms with Gasteiger partial charge < -0.3 is 5.32 Å². The second-order valence-corrected chi connectivity index (χ2v) is 6.77. The maximum Gasteiger partial charge on any atom is 0.252 e. The molecule has 1 aromatic carbocycles. The molecule has 1 aliphatic carbocycles. The summed E-state index contributed by atoms with van der Waals surface area (Å²) in [7, 11) is 1.88. The van der Waals surface area contributed by atoms with Gasteiger partial charge in [-0.25, -0.2) is 0 Å². The molecule has 4 rings (SSSR count). The Balaban J connectivity index is 1.77. The van der Waals surface area contributed by atoms with Crippen LogP contribution < -0.4 is 5.32 Å². The van der Waals surface area contributed by atoms with Crippen molar-refractivity contribution in [3.05, 3.63) is 58.5 Å². The predicted octanol–water partition coefficient (Wildman–Crippen LogP) is 3.09. The van der Waals surface area contributed by atoms with Crippen molar-refractivity contribution in [3.8, 4) is 0 Å². The Morgan fingerprint density at radius 1 is 1.24 bits per heavy atom. The van der Waals surface area contributed by atoms with Gasteiger partial charge in [0, 0.05) is 24.3 Å². The van der Waals surface area contributed by atoms with Gasteiger partial charge in [-0.2, -0.15) is 5.10 Å². The van der Waals surface area contributed by atoms with Crippen LogP contribution in [-0.4, -0.2) is 20.7 Å². The van der Waals surface area contributed by atoms with Crippen LogP contribution >= 0.6 is 0 Å². The average Bonchev–Trinajstić information content (AvgIpc) is 3.02. The van der Waals surface area contributed by atoms with E-state index in [4.69, 9.17) is 4.98 Å². The van der Waals surface area contributed by atoms with Crippen molar-refractivity contribution in [2.45, 2.75) is 39.2 Å². The first-order valence-corrected chi connectivity index (χ1v) is 8.80. The molecule has 1 aliphatic rings. The summed E-state index contributed by atoms with van der Waals surface area (Å²) in [5, 5.41) is 8.19. The van der Waals surface area contributed by atoms with Crippen molar-refractivity contribution in [3.63, 3.8) is 0 Å². The molecule has 5 heteroatoms. The number of hydrogen-bond acceptors (Lipinski definition) is 3. The smallest absolute Gasteiger partial charge is 0.252 e. The number of hydrogen-bond donors (Lipinski definition) is 1. The van der Waals surface area contributed by atoms with Gasteiger partial charge in [-0.3, -0.25) is 14.5 Å². The lowest BCUT2D eigenvalue weighted by Gasteiger charge is -2.20. The standard InChI is InChI=1S/C20H22N4O/c1-13-7-8-18-16(11-13)19(15-5-3-4-6-17(15)23-18)20(25)21-12-14-9-10-22-24(14)2/h7-11H,3-6,12H2,1-2H3,(H,21,25). The lowest BCUT2D eigenvalue weighted by molar-refractivity contribution is 0.0950. The van der Waals surface area contributed by atoms with Gasteiger partial charge in [-0.15, -0.1) is 0 Å². The van der Waals surface area contributed by atoms with Crippen LogP contribution in [0, 0.1) is 6.92 Å². The Labute approximate surface area is 147 Å². The summed E-state index contributed by atoms with van der Waals surface area (Å²) in [6, 6.07) is 8.08. The van der Waals surface area contributed by atoms with E-state index in [2.05, 4.69) is 29.5 Å². The summed E-state index contributed by atoms with van der Waals surface area (Å²) >= 11 is 0. The molecule has 2 heterocycles. The van der Waals surface area contributed by atoms with Crippen molar-refractivity contribution in [1.29, 1.82) is 0 Å². The van der Waals surface area contributed by atoms with Gasteiger partial charge in [0.25, 0.3) is 5.91 Å². The summed E-state index contributed by atoms with van der Waals surface area (Å²) in [6.45, 7) is 2.52. The van der Waals surface area contributed by atoms with Crippen molar-refractivity contribution in [2.24, 2.45) is 7.05 Å². The molecule has 1 amide bonds. The van der Waals surface area contributed by atoms with Crippen LogP contribution in [0.1, 0.15) is 45.7 Å². The summed E-state index contributed by atoms with van der Waals surface area (Å²) in [6.07, 6.45) is 5.90. The minimum Gasteiger partial charge on any atom is -0.346 e. The SMILES string of the molecule is Cc1ccc2nc3c(c(C(=O)NCc4ccnn4C)c2c1)CCCC3. The summed E-state index contributed by atoms with van der Waals surface area (Å²) in [5.74, 6) is -0.0163. The van der Waals surface area contributed by atoms with E-state index in [0.717, 1.165) is 64.7 Å². The number of carbonyl (C=O) groups excluding carboxylic acids is 1. The van der Waals surface area contributed by atoms with E-state index in [1.54, 1.807) is 10.9 Å². The minimum absolute atomic E-state index is 0.0163. The van der Waals surface area contributed by atoms with Crippen LogP contribution in [0.3, 0.4) is 0 Å². The molecule has 0 saturated carbocycles. The van der Waals surface area contributed by atoms with Crippen LogP contribution in [0.4, 0.5) is 0 Å². The Hall–Kier alpha value is -2.69. The minimum atomic E-state index is -0.0163. The van der Waals surface area contributed by atoms with E-state index < -0.39 is 0 Å². The Kier molecular flexibility index (Phi) is 3.99. The highest BCUT2D eigenvalue weighted by Crippen LogP contribution is 2.29. The van der Waals surface area contributed by atoms with Crippen molar-refractivity contribution < 1.29 is 4.79 Å². The molecule has 0 radical (unpaired) electrons. The fourth-order valence-electron chi connectivity index (χ4n) is 3.63. The number of nitrogens with zero attached hydrogens (tertiary/aromatic N) is 3. The first-order chi connectivity index (χ1) is 12.1. The summed E-state index contributed by atoms with van der Waals surface area (Å²) in [4.78, 5) is 17.9.